The van der Waals surface area contributed by atoms with E-state index in [1.807, 2.05) is 66.4 Å². The lowest BCUT2D eigenvalue weighted by atomic mass is 10.0. The third-order valence-electron chi connectivity index (χ3n) is 6.04. The van der Waals surface area contributed by atoms with Crippen LogP contribution in [0.15, 0.2) is 72.1 Å². The smallest absolute Gasteiger partial charge is 0.258 e. The Morgan fingerprint density at radius 2 is 1.73 bits per heavy atom. The van der Waals surface area contributed by atoms with Gasteiger partial charge in [0, 0.05) is 37.1 Å². The van der Waals surface area contributed by atoms with Crippen molar-refractivity contribution < 1.29 is 9.53 Å². The van der Waals surface area contributed by atoms with E-state index in [-0.39, 0.29) is 5.91 Å². The first kappa shape index (κ1) is 21.6. The first-order valence-corrected chi connectivity index (χ1v) is 12.3. The zero-order valence-electron chi connectivity index (χ0n) is 18.7. The van der Waals surface area contributed by atoms with Crippen LogP contribution in [0.2, 0.25) is 0 Å². The fourth-order valence-electron chi connectivity index (χ4n) is 4.33. The highest BCUT2D eigenvalue weighted by Crippen LogP contribution is 2.30. The molecule has 0 bridgehead atoms. The number of benzene rings is 3. The van der Waals surface area contributed by atoms with Crippen molar-refractivity contribution in [3.63, 3.8) is 0 Å². The number of amides is 1. The van der Waals surface area contributed by atoms with E-state index < -0.39 is 0 Å². The molecule has 0 unspecified atom stereocenters. The third kappa shape index (κ3) is 4.63. The zero-order valence-corrected chi connectivity index (χ0v) is 19.6. The van der Waals surface area contributed by atoms with Crippen LogP contribution in [0.5, 0.6) is 5.75 Å². The lowest BCUT2D eigenvalue weighted by molar-refractivity contribution is 0.0626. The average molecular weight is 458 g/mol. The first-order valence-electron chi connectivity index (χ1n) is 11.4. The molecule has 1 saturated heterocycles. The summed E-state index contributed by atoms with van der Waals surface area (Å²) in [6.07, 6.45) is 0. The number of hydrogen-bond acceptors (Lipinski definition) is 5. The van der Waals surface area contributed by atoms with Crippen LogP contribution in [0.25, 0.3) is 22.0 Å². The standard InChI is InChI=1S/C27H27N3O2S/c1-2-32-24-13-12-20-8-6-7-11-22(20)26(24)27(31)30-16-14-29(15-17-30)18-25-28-23(19-33-25)21-9-4-3-5-10-21/h3-13,19H,2,14-18H2,1H3. The summed E-state index contributed by atoms with van der Waals surface area (Å²) in [5.74, 6) is 0.718. The van der Waals surface area contributed by atoms with Gasteiger partial charge in [0.15, 0.2) is 0 Å². The third-order valence-corrected chi connectivity index (χ3v) is 6.88. The van der Waals surface area contributed by atoms with E-state index in [9.17, 15) is 4.79 Å². The Morgan fingerprint density at radius 1 is 0.970 bits per heavy atom. The molecule has 4 aromatic rings. The lowest BCUT2D eigenvalue weighted by Gasteiger charge is -2.34. The Morgan fingerprint density at radius 3 is 2.52 bits per heavy atom. The van der Waals surface area contributed by atoms with Gasteiger partial charge in [-0.05, 0) is 23.8 Å². The van der Waals surface area contributed by atoms with Crippen LogP contribution in [-0.4, -0.2) is 53.5 Å². The molecule has 33 heavy (non-hydrogen) atoms. The van der Waals surface area contributed by atoms with E-state index in [1.165, 1.54) is 0 Å². The number of fused-ring (bicyclic) bond motifs is 1. The van der Waals surface area contributed by atoms with Gasteiger partial charge in [-0.15, -0.1) is 11.3 Å². The minimum atomic E-state index is 0.0514. The van der Waals surface area contributed by atoms with Gasteiger partial charge < -0.3 is 9.64 Å². The second kappa shape index (κ2) is 9.73. The number of carbonyl (C=O) groups excluding carboxylic acids is 1. The molecule has 1 aliphatic heterocycles. The molecule has 6 heteroatoms. The fraction of sp³-hybridized carbons (Fsp3) is 0.259. The Labute approximate surface area is 198 Å². The monoisotopic (exact) mass is 457 g/mol. The van der Waals surface area contributed by atoms with Gasteiger partial charge in [-0.1, -0.05) is 60.7 Å². The van der Waals surface area contributed by atoms with Crippen molar-refractivity contribution in [1.82, 2.24) is 14.8 Å². The Kier molecular flexibility index (Phi) is 6.37. The lowest BCUT2D eigenvalue weighted by Crippen LogP contribution is -2.48. The minimum absolute atomic E-state index is 0.0514. The summed E-state index contributed by atoms with van der Waals surface area (Å²) in [7, 11) is 0. The van der Waals surface area contributed by atoms with Crippen LogP contribution < -0.4 is 4.74 Å². The minimum Gasteiger partial charge on any atom is -0.493 e. The van der Waals surface area contributed by atoms with Gasteiger partial charge in [-0.3, -0.25) is 9.69 Å². The number of rotatable bonds is 6. The Hall–Kier alpha value is -3.22. The molecule has 1 aliphatic rings. The van der Waals surface area contributed by atoms with Crippen LogP contribution in [0.4, 0.5) is 0 Å². The highest BCUT2D eigenvalue weighted by molar-refractivity contribution is 7.09. The Bertz CT molecular complexity index is 1250. The molecule has 0 N–H and O–H groups in total. The van der Waals surface area contributed by atoms with Gasteiger partial charge in [0.25, 0.3) is 5.91 Å². The molecular formula is C27H27N3O2S. The molecule has 0 spiro atoms. The van der Waals surface area contributed by atoms with Crippen molar-refractivity contribution in [2.75, 3.05) is 32.8 Å². The molecule has 2 heterocycles. The first-order chi connectivity index (χ1) is 16.2. The second-order valence-corrected chi connectivity index (χ2v) is 9.10. The summed E-state index contributed by atoms with van der Waals surface area (Å²) < 4.78 is 5.83. The Balaban J connectivity index is 1.27. The van der Waals surface area contributed by atoms with Crippen molar-refractivity contribution in [2.45, 2.75) is 13.5 Å². The molecule has 5 rings (SSSR count). The predicted molar refractivity (Wildman–Crippen MR) is 134 cm³/mol. The van der Waals surface area contributed by atoms with E-state index in [4.69, 9.17) is 9.72 Å². The number of nitrogens with zero attached hydrogens (tertiary/aromatic N) is 3. The molecule has 3 aromatic carbocycles. The van der Waals surface area contributed by atoms with Crippen LogP contribution in [0.1, 0.15) is 22.3 Å². The van der Waals surface area contributed by atoms with E-state index in [0.717, 1.165) is 46.7 Å². The molecule has 0 aliphatic carbocycles. The topological polar surface area (TPSA) is 45.7 Å². The normalized spacial score (nSPS) is 14.5. The van der Waals surface area contributed by atoms with Gasteiger partial charge in [0.1, 0.15) is 10.8 Å². The summed E-state index contributed by atoms with van der Waals surface area (Å²) in [6, 6.07) is 22.2. The molecule has 0 saturated carbocycles. The molecule has 168 valence electrons. The molecule has 0 atom stereocenters. The zero-order chi connectivity index (χ0) is 22.6. The van der Waals surface area contributed by atoms with Crippen molar-refractivity contribution >= 4 is 28.0 Å². The SMILES string of the molecule is CCOc1ccc2ccccc2c1C(=O)N1CCN(Cc2nc(-c3ccccc3)cs2)CC1. The summed E-state index contributed by atoms with van der Waals surface area (Å²) in [6.45, 7) is 6.36. The highest BCUT2D eigenvalue weighted by Gasteiger charge is 2.26. The fourth-order valence-corrected chi connectivity index (χ4v) is 5.18. The van der Waals surface area contributed by atoms with Gasteiger partial charge in [0.05, 0.1) is 24.4 Å². The maximum absolute atomic E-state index is 13.6. The van der Waals surface area contributed by atoms with Crippen molar-refractivity contribution in [3.8, 4) is 17.0 Å². The summed E-state index contributed by atoms with van der Waals surface area (Å²) in [5, 5.41) is 5.24. The number of thiazole rings is 1. The van der Waals surface area contributed by atoms with E-state index in [0.29, 0.717) is 31.0 Å². The van der Waals surface area contributed by atoms with E-state index in [2.05, 4.69) is 22.4 Å². The molecule has 0 radical (unpaired) electrons. The van der Waals surface area contributed by atoms with Crippen molar-refractivity contribution in [2.24, 2.45) is 0 Å². The van der Waals surface area contributed by atoms with Crippen LogP contribution in [0.3, 0.4) is 0 Å². The summed E-state index contributed by atoms with van der Waals surface area (Å²) in [4.78, 5) is 22.7. The maximum atomic E-state index is 13.6. The number of aromatic nitrogens is 1. The molecule has 5 nitrogen and oxygen atoms in total. The van der Waals surface area contributed by atoms with Crippen LogP contribution >= 0.6 is 11.3 Å². The van der Waals surface area contributed by atoms with E-state index in [1.54, 1.807) is 11.3 Å². The van der Waals surface area contributed by atoms with Gasteiger partial charge in [-0.2, -0.15) is 0 Å². The maximum Gasteiger partial charge on any atom is 0.258 e. The largest absolute Gasteiger partial charge is 0.493 e. The number of piperazine rings is 1. The number of carbonyl (C=O) groups is 1. The molecule has 1 aromatic heterocycles. The van der Waals surface area contributed by atoms with Gasteiger partial charge >= 0.3 is 0 Å². The van der Waals surface area contributed by atoms with Crippen LogP contribution in [0, 0.1) is 0 Å². The summed E-state index contributed by atoms with van der Waals surface area (Å²) in [5.41, 5.74) is 2.86. The van der Waals surface area contributed by atoms with Gasteiger partial charge in [0.2, 0.25) is 0 Å². The molecule has 1 fully saturated rings. The summed E-state index contributed by atoms with van der Waals surface area (Å²) >= 11 is 1.70. The molecular weight excluding hydrogens is 430 g/mol. The van der Waals surface area contributed by atoms with Crippen molar-refractivity contribution in [1.29, 1.82) is 0 Å². The highest BCUT2D eigenvalue weighted by atomic mass is 32.1. The van der Waals surface area contributed by atoms with Crippen molar-refractivity contribution in [3.05, 3.63) is 82.7 Å². The number of hydrogen-bond donors (Lipinski definition) is 0. The van der Waals surface area contributed by atoms with Crippen LogP contribution in [-0.2, 0) is 6.54 Å². The quantitative estimate of drug-likeness (QED) is 0.393. The second-order valence-electron chi connectivity index (χ2n) is 8.15. The predicted octanol–water partition coefficient (Wildman–Crippen LogP) is 5.32. The average Bonchev–Trinajstić information content (AvgIpc) is 3.33. The number of ether oxygens (including phenoxy) is 1. The van der Waals surface area contributed by atoms with Gasteiger partial charge in [-0.25, -0.2) is 4.98 Å². The van der Waals surface area contributed by atoms with E-state index >= 15 is 0 Å². The molecule has 1 amide bonds.